The Labute approximate surface area is 228 Å². The molecule has 0 radical (unpaired) electrons. The van der Waals surface area contributed by atoms with E-state index in [1.54, 1.807) is 0 Å². The van der Waals surface area contributed by atoms with Crippen molar-refractivity contribution in [2.75, 3.05) is 0 Å². The van der Waals surface area contributed by atoms with Crippen molar-refractivity contribution >= 4 is 7.12 Å². The van der Waals surface area contributed by atoms with Gasteiger partial charge in [0.05, 0.1) is 22.7 Å². The molecule has 1 heterocycles. The van der Waals surface area contributed by atoms with E-state index >= 15 is 0 Å². The summed E-state index contributed by atoms with van der Waals surface area (Å²) in [4.78, 5) is 0. The van der Waals surface area contributed by atoms with E-state index in [-0.39, 0.29) is 5.92 Å². The van der Waals surface area contributed by atoms with Crippen molar-refractivity contribution in [1.82, 2.24) is 0 Å². The second kappa shape index (κ2) is 9.56. The molecule has 5 rings (SSSR count). The first-order valence-electron chi connectivity index (χ1n) is 13.7. The Balaban J connectivity index is 1.81. The van der Waals surface area contributed by atoms with E-state index in [1.807, 2.05) is 6.92 Å². The lowest BCUT2D eigenvalue weighted by Crippen LogP contribution is -2.41. The van der Waals surface area contributed by atoms with Crippen LogP contribution in [0.2, 0.25) is 0 Å². The maximum absolute atomic E-state index is 9.87. The Hall–Kier alpha value is -3.13. The molecule has 0 bridgehead atoms. The van der Waals surface area contributed by atoms with Crippen LogP contribution in [0.15, 0.2) is 107 Å². The highest BCUT2D eigenvalue weighted by atomic mass is 16.7. The summed E-state index contributed by atoms with van der Waals surface area (Å²) in [6, 6.07) is 24.0. The van der Waals surface area contributed by atoms with Gasteiger partial charge in [-0.2, -0.15) is 5.26 Å². The fourth-order valence-corrected chi connectivity index (χ4v) is 6.43. The van der Waals surface area contributed by atoms with Crippen molar-refractivity contribution in [3.8, 4) is 6.07 Å². The van der Waals surface area contributed by atoms with Gasteiger partial charge in [-0.25, -0.2) is 0 Å². The van der Waals surface area contributed by atoms with E-state index in [4.69, 9.17) is 9.31 Å². The highest BCUT2D eigenvalue weighted by molar-refractivity contribution is 6.55. The average molecular weight is 503 g/mol. The summed E-state index contributed by atoms with van der Waals surface area (Å²) < 4.78 is 13.0. The van der Waals surface area contributed by atoms with Crippen LogP contribution in [0.4, 0.5) is 0 Å². The molecule has 194 valence electrons. The second-order valence-corrected chi connectivity index (χ2v) is 12.1. The first kappa shape index (κ1) is 26.5. The summed E-state index contributed by atoms with van der Waals surface area (Å²) in [5, 5.41) is 9.87. The van der Waals surface area contributed by atoms with Crippen LogP contribution in [0, 0.1) is 23.2 Å². The molecule has 4 heteroatoms. The van der Waals surface area contributed by atoms with Crippen molar-refractivity contribution in [2.45, 2.75) is 71.5 Å². The molecule has 0 saturated carbocycles. The van der Waals surface area contributed by atoms with Crippen molar-refractivity contribution in [2.24, 2.45) is 11.8 Å². The number of nitriles is 1. The fraction of sp³-hybridized carbons (Fsp3) is 0.382. The number of allylic oxidation sites excluding steroid dienone is 8. The summed E-state index contributed by atoms with van der Waals surface area (Å²) in [7, 11) is -0.416. The lowest BCUT2D eigenvalue weighted by molar-refractivity contribution is 0.00578. The molecule has 0 aromatic heterocycles. The highest BCUT2D eigenvalue weighted by Gasteiger charge is 2.55. The van der Waals surface area contributed by atoms with Gasteiger partial charge in [0.2, 0.25) is 0 Å². The Morgan fingerprint density at radius 2 is 1.47 bits per heavy atom. The summed E-state index contributed by atoms with van der Waals surface area (Å²) in [5.41, 5.74) is 6.86. The third kappa shape index (κ3) is 4.04. The quantitative estimate of drug-likeness (QED) is 0.308. The van der Waals surface area contributed by atoms with E-state index in [0.717, 1.165) is 11.9 Å². The molecule has 3 nitrogen and oxygen atoms in total. The number of benzene rings is 2. The van der Waals surface area contributed by atoms with E-state index in [9.17, 15) is 5.26 Å². The molecular formula is C34H38BNO2. The minimum atomic E-state index is -0.520. The zero-order chi connectivity index (χ0) is 27.3. The average Bonchev–Trinajstić information content (AvgIpc) is 3.31. The molecule has 1 atom stereocenters. The monoisotopic (exact) mass is 503 g/mol. The van der Waals surface area contributed by atoms with Gasteiger partial charge in [0, 0.05) is 11.5 Å². The van der Waals surface area contributed by atoms with Crippen molar-refractivity contribution in [3.63, 3.8) is 0 Å². The van der Waals surface area contributed by atoms with Crippen LogP contribution in [0.1, 0.15) is 66.0 Å². The van der Waals surface area contributed by atoms with Gasteiger partial charge in [-0.1, -0.05) is 92.2 Å². The SMILES string of the molecule is C/C(C#N)=C\C1=C(C(C)C)C2CC=C(B3OC(C)(C)C(C)(C)O3)C=C2C1(c1ccccc1)c1ccccc1. The van der Waals surface area contributed by atoms with Crippen LogP contribution >= 0.6 is 0 Å². The molecule has 3 aliphatic rings. The van der Waals surface area contributed by atoms with E-state index in [0.29, 0.717) is 11.5 Å². The number of nitrogens with zero attached hydrogens (tertiary/aromatic N) is 1. The molecule has 1 saturated heterocycles. The predicted octanol–water partition coefficient (Wildman–Crippen LogP) is 7.91. The number of rotatable bonds is 5. The van der Waals surface area contributed by atoms with E-state index in [1.165, 1.54) is 27.8 Å². The Morgan fingerprint density at radius 1 is 0.947 bits per heavy atom. The summed E-state index contributed by atoms with van der Waals surface area (Å²) in [6.45, 7) is 14.9. The largest absolute Gasteiger partial charge is 0.494 e. The molecular weight excluding hydrogens is 465 g/mol. The lowest BCUT2D eigenvalue weighted by atomic mass is 9.62. The zero-order valence-electron chi connectivity index (χ0n) is 23.7. The number of fused-ring (bicyclic) bond motifs is 1. The Bertz CT molecular complexity index is 1330. The molecule has 0 amide bonds. The molecule has 2 aromatic carbocycles. The third-order valence-electron chi connectivity index (χ3n) is 8.91. The summed E-state index contributed by atoms with van der Waals surface area (Å²) in [6.07, 6.45) is 7.68. The first-order valence-corrected chi connectivity index (χ1v) is 13.7. The maximum atomic E-state index is 9.87. The molecule has 38 heavy (non-hydrogen) atoms. The van der Waals surface area contributed by atoms with Gasteiger partial charge in [0.15, 0.2) is 0 Å². The minimum Gasteiger partial charge on any atom is -0.399 e. The summed E-state index contributed by atoms with van der Waals surface area (Å²) >= 11 is 0. The van der Waals surface area contributed by atoms with Crippen molar-refractivity contribution < 1.29 is 9.31 Å². The van der Waals surface area contributed by atoms with Crippen molar-refractivity contribution in [3.05, 3.63) is 118 Å². The standard InChI is InChI=1S/C34H38BNO2/c1-23(2)31-28-19-18-27(35-37-32(4,5)33(6,7)38-35)21-29(28)34(25-14-10-8-11-15-25,26-16-12-9-13-17-26)30(31)20-24(3)22-36/h8-18,20-21,23,28H,19H2,1-7H3/b24-20+. The number of hydrogen-bond donors (Lipinski definition) is 0. The van der Waals surface area contributed by atoms with Crippen LogP contribution in [0.3, 0.4) is 0 Å². The van der Waals surface area contributed by atoms with Crippen molar-refractivity contribution in [1.29, 1.82) is 5.26 Å². The van der Waals surface area contributed by atoms with Gasteiger partial charge in [0.1, 0.15) is 0 Å². The van der Waals surface area contributed by atoms with Gasteiger partial charge in [-0.15, -0.1) is 0 Å². The maximum Gasteiger partial charge on any atom is 0.494 e. The molecule has 1 fully saturated rings. The fourth-order valence-electron chi connectivity index (χ4n) is 6.43. The van der Waals surface area contributed by atoms with Gasteiger partial charge in [-0.3, -0.25) is 0 Å². The lowest BCUT2D eigenvalue weighted by Gasteiger charge is -2.38. The van der Waals surface area contributed by atoms with Gasteiger partial charge in [0.25, 0.3) is 0 Å². The normalized spacial score (nSPS) is 23.7. The minimum absolute atomic E-state index is 0.235. The van der Waals surface area contributed by atoms with Gasteiger partial charge >= 0.3 is 7.12 Å². The van der Waals surface area contributed by atoms with Gasteiger partial charge in [-0.05, 0) is 80.8 Å². The van der Waals surface area contributed by atoms with Crippen LogP contribution in [-0.2, 0) is 14.7 Å². The summed E-state index contributed by atoms with van der Waals surface area (Å²) in [5.74, 6) is 0.557. The van der Waals surface area contributed by atoms with E-state index < -0.39 is 23.7 Å². The smallest absolute Gasteiger partial charge is 0.399 e. The van der Waals surface area contributed by atoms with Crippen LogP contribution in [0.5, 0.6) is 0 Å². The van der Waals surface area contributed by atoms with Crippen LogP contribution in [-0.4, -0.2) is 18.3 Å². The molecule has 1 aliphatic heterocycles. The molecule has 0 N–H and O–H groups in total. The zero-order valence-corrected chi connectivity index (χ0v) is 23.7. The van der Waals surface area contributed by atoms with Gasteiger partial charge < -0.3 is 9.31 Å². The first-order chi connectivity index (χ1) is 18.0. The Morgan fingerprint density at radius 3 is 1.95 bits per heavy atom. The van der Waals surface area contributed by atoms with Crippen LogP contribution < -0.4 is 0 Å². The highest BCUT2D eigenvalue weighted by Crippen LogP contribution is 2.60. The predicted molar refractivity (Wildman–Crippen MR) is 155 cm³/mol. The molecule has 2 aliphatic carbocycles. The third-order valence-corrected chi connectivity index (χ3v) is 8.91. The second-order valence-electron chi connectivity index (χ2n) is 12.1. The molecule has 0 spiro atoms. The topological polar surface area (TPSA) is 42.2 Å². The Kier molecular flexibility index (Phi) is 6.66. The van der Waals surface area contributed by atoms with Crippen LogP contribution in [0.25, 0.3) is 0 Å². The molecule has 2 aromatic rings. The van der Waals surface area contributed by atoms with E-state index in [2.05, 4.69) is 127 Å². The molecule has 1 unspecified atom stereocenters. The number of hydrogen-bond acceptors (Lipinski definition) is 3.